The molecule has 0 aliphatic heterocycles. The first-order chi connectivity index (χ1) is 10.8. The molecule has 0 radical (unpaired) electrons. The summed E-state index contributed by atoms with van der Waals surface area (Å²) >= 11 is 0. The molecule has 0 atom stereocenters. The molecule has 0 bridgehead atoms. The van der Waals surface area contributed by atoms with Crippen molar-refractivity contribution in [3.8, 4) is 0 Å². The summed E-state index contributed by atoms with van der Waals surface area (Å²) in [6.07, 6.45) is -4.09. The van der Waals surface area contributed by atoms with Gasteiger partial charge in [0.1, 0.15) is 11.3 Å². The van der Waals surface area contributed by atoms with E-state index in [1.54, 1.807) is 4.98 Å². The summed E-state index contributed by atoms with van der Waals surface area (Å²) in [5.41, 5.74) is -0.459. The van der Waals surface area contributed by atoms with Crippen molar-refractivity contribution >= 4 is 5.91 Å². The molecule has 4 nitrogen and oxygen atoms in total. The standard InChI is InChI=1S/C16H15F3N2O2/c1-10-2-4-11(5-3-10)8-9-20-14(22)12-6-7-13(16(17,18)19)21-15(12)23/h2-7H,8-9H2,1H3,(H,20,22)(H,21,23). The Morgan fingerprint density at radius 1 is 1.13 bits per heavy atom. The lowest BCUT2D eigenvalue weighted by molar-refractivity contribution is -0.141. The summed E-state index contributed by atoms with van der Waals surface area (Å²) in [6.45, 7) is 2.24. The monoisotopic (exact) mass is 324 g/mol. The van der Waals surface area contributed by atoms with Crippen LogP contribution in [-0.4, -0.2) is 17.4 Å². The second kappa shape index (κ2) is 6.68. The minimum absolute atomic E-state index is 0.280. The Labute approximate surface area is 130 Å². The van der Waals surface area contributed by atoms with Crippen molar-refractivity contribution in [3.05, 3.63) is 69.1 Å². The van der Waals surface area contributed by atoms with Gasteiger partial charge in [0.15, 0.2) is 0 Å². The van der Waals surface area contributed by atoms with E-state index in [0.29, 0.717) is 12.5 Å². The van der Waals surface area contributed by atoms with Crippen molar-refractivity contribution < 1.29 is 18.0 Å². The van der Waals surface area contributed by atoms with E-state index in [9.17, 15) is 22.8 Å². The van der Waals surface area contributed by atoms with E-state index in [4.69, 9.17) is 0 Å². The number of halogens is 3. The molecule has 0 unspecified atom stereocenters. The number of aromatic amines is 1. The summed E-state index contributed by atoms with van der Waals surface area (Å²) in [5.74, 6) is -0.702. The number of hydrogen-bond donors (Lipinski definition) is 2. The number of carbonyl (C=O) groups excluding carboxylic acids is 1. The van der Waals surface area contributed by atoms with E-state index in [-0.39, 0.29) is 12.1 Å². The Hall–Kier alpha value is -2.57. The van der Waals surface area contributed by atoms with Gasteiger partial charge >= 0.3 is 6.18 Å². The lowest BCUT2D eigenvalue weighted by Gasteiger charge is -2.08. The predicted molar refractivity (Wildman–Crippen MR) is 79.3 cm³/mol. The van der Waals surface area contributed by atoms with Gasteiger partial charge in [-0.3, -0.25) is 9.59 Å². The zero-order valence-corrected chi connectivity index (χ0v) is 12.3. The number of rotatable bonds is 4. The third kappa shape index (κ3) is 4.45. The van der Waals surface area contributed by atoms with E-state index in [0.717, 1.165) is 17.2 Å². The first kappa shape index (κ1) is 16.8. The molecule has 0 saturated heterocycles. The lowest BCUT2D eigenvalue weighted by atomic mass is 10.1. The van der Waals surface area contributed by atoms with Crippen LogP contribution in [-0.2, 0) is 12.6 Å². The number of alkyl halides is 3. The maximum atomic E-state index is 12.4. The number of carbonyl (C=O) groups is 1. The summed E-state index contributed by atoms with van der Waals surface area (Å²) in [7, 11) is 0. The fourth-order valence-corrected chi connectivity index (χ4v) is 1.99. The molecule has 1 aromatic carbocycles. The molecule has 0 spiro atoms. The summed E-state index contributed by atoms with van der Waals surface area (Å²) in [6, 6.07) is 9.29. The van der Waals surface area contributed by atoms with Crippen LogP contribution in [0.2, 0.25) is 0 Å². The molecule has 0 aliphatic carbocycles. The highest BCUT2D eigenvalue weighted by Crippen LogP contribution is 2.26. The number of pyridine rings is 1. The minimum atomic E-state index is -4.65. The molecule has 0 fully saturated rings. The SMILES string of the molecule is Cc1ccc(CCNC(=O)c2ccc(C(F)(F)F)[nH]c2=O)cc1. The highest BCUT2D eigenvalue weighted by Gasteiger charge is 2.32. The fourth-order valence-electron chi connectivity index (χ4n) is 1.99. The molecule has 7 heteroatoms. The lowest BCUT2D eigenvalue weighted by Crippen LogP contribution is -2.32. The molecule has 1 aromatic heterocycles. The Balaban J connectivity index is 1.98. The second-order valence-electron chi connectivity index (χ2n) is 5.10. The van der Waals surface area contributed by atoms with Crippen molar-refractivity contribution in [3.63, 3.8) is 0 Å². The quantitative estimate of drug-likeness (QED) is 0.908. The normalized spacial score (nSPS) is 11.3. The van der Waals surface area contributed by atoms with Gasteiger partial charge in [-0.05, 0) is 31.0 Å². The highest BCUT2D eigenvalue weighted by atomic mass is 19.4. The van der Waals surface area contributed by atoms with Gasteiger partial charge < -0.3 is 10.3 Å². The van der Waals surface area contributed by atoms with Crippen LogP contribution in [0.5, 0.6) is 0 Å². The first-order valence-corrected chi connectivity index (χ1v) is 6.91. The van der Waals surface area contributed by atoms with Crippen molar-refractivity contribution in [1.82, 2.24) is 10.3 Å². The second-order valence-corrected chi connectivity index (χ2v) is 5.10. The summed E-state index contributed by atoms with van der Waals surface area (Å²) in [5, 5.41) is 2.52. The minimum Gasteiger partial charge on any atom is -0.352 e. The van der Waals surface area contributed by atoms with Gasteiger partial charge in [0.2, 0.25) is 0 Å². The predicted octanol–water partition coefficient (Wildman–Crippen LogP) is 2.67. The molecule has 122 valence electrons. The maximum Gasteiger partial charge on any atom is 0.431 e. The van der Waals surface area contributed by atoms with Crippen LogP contribution in [0.4, 0.5) is 13.2 Å². The molecule has 1 amide bonds. The van der Waals surface area contributed by atoms with Crippen LogP contribution in [0, 0.1) is 6.92 Å². The number of aryl methyl sites for hydroxylation is 1. The molecule has 23 heavy (non-hydrogen) atoms. The molecule has 0 saturated carbocycles. The highest BCUT2D eigenvalue weighted by molar-refractivity contribution is 5.93. The summed E-state index contributed by atoms with van der Waals surface area (Å²) in [4.78, 5) is 25.1. The molecular formula is C16H15F3N2O2. The Bertz CT molecular complexity index is 749. The fraction of sp³-hybridized carbons (Fsp3) is 0.250. The van der Waals surface area contributed by atoms with Gasteiger partial charge in [-0.15, -0.1) is 0 Å². The number of hydrogen-bond acceptors (Lipinski definition) is 2. The van der Waals surface area contributed by atoms with Crippen molar-refractivity contribution in [2.75, 3.05) is 6.54 Å². The third-order valence-electron chi connectivity index (χ3n) is 3.28. The molecule has 2 aromatic rings. The number of benzene rings is 1. The van der Waals surface area contributed by atoms with Crippen molar-refractivity contribution in [2.24, 2.45) is 0 Å². The molecule has 1 heterocycles. The third-order valence-corrected chi connectivity index (χ3v) is 3.28. The van der Waals surface area contributed by atoms with Gasteiger partial charge in [-0.25, -0.2) is 0 Å². The average Bonchev–Trinajstić information content (AvgIpc) is 2.48. The molecule has 0 aliphatic rings. The van der Waals surface area contributed by atoms with Gasteiger partial charge in [0, 0.05) is 6.54 Å². The van der Waals surface area contributed by atoms with E-state index >= 15 is 0 Å². The Kier molecular flexibility index (Phi) is 4.88. The summed E-state index contributed by atoms with van der Waals surface area (Å²) < 4.78 is 37.3. The Morgan fingerprint density at radius 3 is 2.35 bits per heavy atom. The van der Waals surface area contributed by atoms with E-state index in [1.807, 2.05) is 31.2 Å². The van der Waals surface area contributed by atoms with E-state index < -0.39 is 23.3 Å². The smallest absolute Gasteiger partial charge is 0.352 e. The van der Waals surface area contributed by atoms with Crippen molar-refractivity contribution in [2.45, 2.75) is 19.5 Å². The first-order valence-electron chi connectivity index (χ1n) is 6.91. The number of amides is 1. The largest absolute Gasteiger partial charge is 0.431 e. The number of H-pyrrole nitrogens is 1. The topological polar surface area (TPSA) is 62.0 Å². The van der Waals surface area contributed by atoms with Crippen LogP contribution < -0.4 is 10.9 Å². The van der Waals surface area contributed by atoms with Crippen LogP contribution in [0.15, 0.2) is 41.2 Å². The van der Waals surface area contributed by atoms with E-state index in [2.05, 4.69) is 5.32 Å². The van der Waals surface area contributed by atoms with Gasteiger partial charge in [-0.1, -0.05) is 29.8 Å². The van der Waals surface area contributed by atoms with Crippen LogP contribution >= 0.6 is 0 Å². The van der Waals surface area contributed by atoms with Gasteiger partial charge in [0.25, 0.3) is 11.5 Å². The van der Waals surface area contributed by atoms with Gasteiger partial charge in [-0.2, -0.15) is 13.2 Å². The maximum absolute atomic E-state index is 12.4. The zero-order valence-electron chi connectivity index (χ0n) is 12.3. The number of aromatic nitrogens is 1. The molecule has 2 rings (SSSR count). The van der Waals surface area contributed by atoms with Gasteiger partial charge in [0.05, 0.1) is 0 Å². The average molecular weight is 324 g/mol. The Morgan fingerprint density at radius 2 is 1.78 bits per heavy atom. The van der Waals surface area contributed by atoms with Crippen LogP contribution in [0.3, 0.4) is 0 Å². The van der Waals surface area contributed by atoms with Crippen molar-refractivity contribution in [1.29, 1.82) is 0 Å². The zero-order chi connectivity index (χ0) is 17.0. The van der Waals surface area contributed by atoms with Crippen LogP contribution in [0.1, 0.15) is 27.2 Å². The van der Waals surface area contributed by atoms with Crippen LogP contribution in [0.25, 0.3) is 0 Å². The molecule has 2 N–H and O–H groups in total. The van der Waals surface area contributed by atoms with E-state index in [1.165, 1.54) is 0 Å². The molecular weight excluding hydrogens is 309 g/mol. The number of nitrogens with one attached hydrogen (secondary N) is 2.